The third kappa shape index (κ3) is 3.66. The fourth-order valence-corrected chi connectivity index (χ4v) is 4.18. The molecule has 0 unspecified atom stereocenters. The molecule has 0 aliphatic carbocycles. The zero-order valence-corrected chi connectivity index (χ0v) is 18.5. The molecule has 6 nitrogen and oxygen atoms in total. The highest BCUT2D eigenvalue weighted by Crippen LogP contribution is 2.33. The predicted octanol–water partition coefficient (Wildman–Crippen LogP) is 6.06. The summed E-state index contributed by atoms with van der Waals surface area (Å²) < 4.78 is 5.09. The Balaban J connectivity index is 1.58. The first kappa shape index (κ1) is 19.7. The fourth-order valence-electron chi connectivity index (χ4n) is 3.64. The molecule has 5 aromatic rings. The van der Waals surface area contributed by atoms with Gasteiger partial charge in [0.05, 0.1) is 5.52 Å². The van der Waals surface area contributed by atoms with E-state index < -0.39 is 0 Å². The number of fused-ring (bicyclic) bond motifs is 3. The van der Waals surface area contributed by atoms with Crippen molar-refractivity contribution in [1.29, 1.82) is 0 Å². The van der Waals surface area contributed by atoms with Crippen LogP contribution in [0, 0.1) is 0 Å². The molecule has 1 N–H and O–H groups in total. The number of rotatable bonds is 5. The fraction of sp³-hybridized carbons (Fsp3) is 0.0870. The van der Waals surface area contributed by atoms with Gasteiger partial charge in [-0.05, 0) is 53.6 Å². The smallest absolute Gasteiger partial charge is 0.257 e. The minimum absolute atomic E-state index is 0.532. The summed E-state index contributed by atoms with van der Waals surface area (Å²) in [5.41, 5.74) is 5.31. The maximum atomic E-state index is 6.26. The van der Waals surface area contributed by atoms with Crippen LogP contribution in [0.25, 0.3) is 27.8 Å². The van der Waals surface area contributed by atoms with E-state index in [0.29, 0.717) is 10.8 Å². The van der Waals surface area contributed by atoms with E-state index in [2.05, 4.69) is 68.4 Å². The monoisotopic (exact) mass is 446 g/mol. The summed E-state index contributed by atoms with van der Waals surface area (Å²) in [6.07, 6.45) is 3.66. The van der Waals surface area contributed by atoms with Gasteiger partial charge in [0.2, 0.25) is 0 Å². The lowest BCUT2D eigenvalue weighted by molar-refractivity contribution is 1.08. The first-order valence-electron chi connectivity index (χ1n) is 9.66. The highest BCUT2D eigenvalue weighted by Gasteiger charge is 2.15. The number of anilines is 3. The maximum Gasteiger partial charge on any atom is 0.257 e. The number of benzene rings is 3. The standard InChI is InChI=1S/C23H19ClN6S/c1-29(19-5-3-4-16(12-19)15-6-9-18(10-7-15)28-31-2)22-20-11-8-17(24)13-21(20)30-14-25-27-23(30)26-22/h3-14,28H,1-2H3. The van der Waals surface area contributed by atoms with Crippen molar-refractivity contribution in [1.82, 2.24) is 19.6 Å². The average molecular weight is 447 g/mol. The summed E-state index contributed by atoms with van der Waals surface area (Å²) in [6.45, 7) is 0. The molecule has 0 fully saturated rings. The summed E-state index contributed by atoms with van der Waals surface area (Å²) in [6, 6.07) is 22.6. The third-order valence-electron chi connectivity index (χ3n) is 5.19. The van der Waals surface area contributed by atoms with Crippen molar-refractivity contribution in [2.45, 2.75) is 0 Å². The van der Waals surface area contributed by atoms with Crippen molar-refractivity contribution in [3.8, 4) is 11.1 Å². The lowest BCUT2D eigenvalue weighted by atomic mass is 10.0. The molecule has 0 radical (unpaired) electrons. The predicted molar refractivity (Wildman–Crippen MR) is 130 cm³/mol. The molecule has 0 bridgehead atoms. The van der Waals surface area contributed by atoms with Crippen LogP contribution in [-0.2, 0) is 0 Å². The number of nitrogens with one attached hydrogen (secondary N) is 1. The molecule has 31 heavy (non-hydrogen) atoms. The second-order valence-corrected chi connectivity index (χ2v) is 8.14. The van der Waals surface area contributed by atoms with Gasteiger partial charge in [-0.25, -0.2) is 0 Å². The first-order valence-corrected chi connectivity index (χ1v) is 11.3. The Hall–Kier alpha value is -3.29. The van der Waals surface area contributed by atoms with Crippen molar-refractivity contribution >= 4 is 57.4 Å². The maximum absolute atomic E-state index is 6.26. The molecule has 0 spiro atoms. The van der Waals surface area contributed by atoms with Gasteiger partial charge < -0.3 is 9.62 Å². The van der Waals surface area contributed by atoms with Crippen LogP contribution in [0.15, 0.2) is 73.1 Å². The van der Waals surface area contributed by atoms with Crippen LogP contribution >= 0.6 is 23.5 Å². The third-order valence-corrected chi connectivity index (χ3v) is 5.86. The molecule has 5 rings (SSSR count). The normalized spacial score (nSPS) is 11.2. The Kier molecular flexibility index (Phi) is 5.13. The minimum Gasteiger partial charge on any atom is -0.330 e. The quantitative estimate of drug-likeness (QED) is 0.331. The van der Waals surface area contributed by atoms with Crippen LogP contribution in [0.2, 0.25) is 5.02 Å². The summed E-state index contributed by atoms with van der Waals surface area (Å²) in [5, 5.41) is 9.78. The largest absolute Gasteiger partial charge is 0.330 e. The topological polar surface area (TPSA) is 58.3 Å². The van der Waals surface area contributed by atoms with E-state index in [-0.39, 0.29) is 0 Å². The Morgan fingerprint density at radius 2 is 1.84 bits per heavy atom. The average Bonchev–Trinajstić information content (AvgIpc) is 3.28. The lowest BCUT2D eigenvalue weighted by Gasteiger charge is -2.21. The van der Waals surface area contributed by atoms with Gasteiger partial charge in [-0.1, -0.05) is 47.8 Å². The SMILES string of the molecule is CSNc1ccc(-c2cccc(N(C)c3nc4nncn4c4cc(Cl)ccc34)c2)cc1. The molecule has 0 aliphatic heterocycles. The molecular weight excluding hydrogens is 428 g/mol. The van der Waals surface area contributed by atoms with E-state index >= 15 is 0 Å². The minimum atomic E-state index is 0.532. The molecular formula is C23H19ClN6S. The molecule has 0 aliphatic rings. The highest BCUT2D eigenvalue weighted by molar-refractivity contribution is 7.99. The summed E-state index contributed by atoms with van der Waals surface area (Å²) in [4.78, 5) is 6.83. The van der Waals surface area contributed by atoms with E-state index in [1.807, 2.05) is 35.9 Å². The second-order valence-electron chi connectivity index (χ2n) is 7.09. The zero-order chi connectivity index (χ0) is 21.4. The van der Waals surface area contributed by atoms with Crippen LogP contribution in [0.5, 0.6) is 0 Å². The summed E-state index contributed by atoms with van der Waals surface area (Å²) in [5.74, 6) is 1.33. The van der Waals surface area contributed by atoms with E-state index in [1.54, 1.807) is 18.3 Å². The Bertz CT molecular complexity index is 1380. The van der Waals surface area contributed by atoms with Gasteiger partial charge in [0, 0.05) is 35.1 Å². The molecule has 2 heterocycles. The molecule has 8 heteroatoms. The Labute approximate surface area is 189 Å². The summed E-state index contributed by atoms with van der Waals surface area (Å²) >= 11 is 7.84. The van der Waals surface area contributed by atoms with Crippen LogP contribution in [0.3, 0.4) is 0 Å². The zero-order valence-electron chi connectivity index (χ0n) is 17.0. The number of nitrogens with zero attached hydrogens (tertiary/aromatic N) is 5. The van der Waals surface area contributed by atoms with Gasteiger partial charge in [0.15, 0.2) is 0 Å². The first-order chi connectivity index (χ1) is 15.1. The summed E-state index contributed by atoms with van der Waals surface area (Å²) in [7, 11) is 2.01. The van der Waals surface area contributed by atoms with Gasteiger partial charge in [-0.3, -0.25) is 4.40 Å². The molecule has 0 saturated heterocycles. The molecule has 0 atom stereocenters. The van der Waals surface area contributed by atoms with Crippen molar-refractivity contribution in [2.24, 2.45) is 0 Å². The van der Waals surface area contributed by atoms with Crippen molar-refractivity contribution in [3.05, 3.63) is 78.1 Å². The van der Waals surface area contributed by atoms with E-state index in [4.69, 9.17) is 16.6 Å². The molecule has 0 saturated carbocycles. The van der Waals surface area contributed by atoms with Gasteiger partial charge >= 0.3 is 0 Å². The van der Waals surface area contributed by atoms with Gasteiger partial charge in [-0.15, -0.1) is 10.2 Å². The second kappa shape index (κ2) is 8.09. The van der Waals surface area contributed by atoms with Gasteiger partial charge in [0.25, 0.3) is 5.78 Å². The number of hydrogen-bond donors (Lipinski definition) is 1. The van der Waals surface area contributed by atoms with Crippen LogP contribution in [0.1, 0.15) is 0 Å². The molecule has 0 amide bonds. The molecule has 154 valence electrons. The van der Waals surface area contributed by atoms with Crippen LogP contribution in [-0.4, -0.2) is 32.9 Å². The van der Waals surface area contributed by atoms with Crippen molar-refractivity contribution in [3.63, 3.8) is 0 Å². The van der Waals surface area contributed by atoms with E-state index in [1.165, 1.54) is 0 Å². The van der Waals surface area contributed by atoms with Crippen molar-refractivity contribution < 1.29 is 0 Å². The van der Waals surface area contributed by atoms with Crippen molar-refractivity contribution in [2.75, 3.05) is 22.9 Å². The van der Waals surface area contributed by atoms with E-state index in [0.717, 1.165) is 39.2 Å². The molecule has 3 aromatic carbocycles. The van der Waals surface area contributed by atoms with Gasteiger partial charge in [0.1, 0.15) is 12.1 Å². The number of aromatic nitrogens is 4. The van der Waals surface area contributed by atoms with Crippen LogP contribution < -0.4 is 9.62 Å². The Morgan fingerprint density at radius 3 is 2.65 bits per heavy atom. The molecule has 2 aromatic heterocycles. The number of halogens is 1. The van der Waals surface area contributed by atoms with E-state index in [9.17, 15) is 0 Å². The lowest BCUT2D eigenvalue weighted by Crippen LogP contribution is -2.13. The highest BCUT2D eigenvalue weighted by atomic mass is 35.5. The Morgan fingerprint density at radius 1 is 1.00 bits per heavy atom. The number of hydrogen-bond acceptors (Lipinski definition) is 6. The van der Waals surface area contributed by atoms with Gasteiger partial charge in [-0.2, -0.15) is 4.98 Å². The van der Waals surface area contributed by atoms with Crippen LogP contribution in [0.4, 0.5) is 17.2 Å².